The third-order valence-corrected chi connectivity index (χ3v) is 1.07. The van der Waals surface area contributed by atoms with Gasteiger partial charge < -0.3 is 4.89 Å². The van der Waals surface area contributed by atoms with Crippen LogP contribution in [0.5, 0.6) is 0 Å². The van der Waals surface area contributed by atoms with E-state index >= 15 is 0 Å². The summed E-state index contributed by atoms with van der Waals surface area (Å²) in [5.74, 6) is 0. The fourth-order valence-electron chi connectivity index (χ4n) is 0.135. The van der Waals surface area contributed by atoms with E-state index in [1.54, 1.807) is 0 Å². The van der Waals surface area contributed by atoms with E-state index in [0.717, 1.165) is 0 Å². The monoisotopic (exact) mass is 172 g/mol. The number of hydrogen-bond acceptors (Lipinski definition) is 4. The van der Waals surface area contributed by atoms with Gasteiger partial charge in [-0.3, -0.25) is 0 Å². The van der Waals surface area contributed by atoms with Crippen LogP contribution in [-0.2, 0) is 13.6 Å². The second-order valence-corrected chi connectivity index (χ2v) is 2.13. The molecule has 0 rings (SSSR count). The molecule has 1 N–H and O–H groups in total. The third-order valence-electron chi connectivity index (χ3n) is 0.361. The van der Waals surface area contributed by atoms with Gasteiger partial charge in [-0.2, -0.15) is 8.75 Å². The highest BCUT2D eigenvalue weighted by Crippen LogP contribution is 2.34. The molecule has 6 heteroatoms. The maximum absolute atomic E-state index is 8.41. The molecule has 0 aliphatic carbocycles. The first-order valence-corrected chi connectivity index (χ1v) is 3.43. The first-order chi connectivity index (χ1) is 4.31. The minimum absolute atomic E-state index is 0.180. The van der Waals surface area contributed by atoms with Crippen LogP contribution in [0.3, 0.4) is 0 Å². The Labute approximate surface area is 59.1 Å². The van der Waals surface area contributed by atoms with Crippen molar-refractivity contribution in [2.45, 2.75) is 0 Å². The van der Waals surface area contributed by atoms with Gasteiger partial charge in [0.2, 0.25) is 0 Å². The van der Waals surface area contributed by atoms with Gasteiger partial charge in [0.05, 0.1) is 11.9 Å². The fraction of sp³-hybridized carbons (Fsp3) is 0.333. The van der Waals surface area contributed by atoms with Gasteiger partial charge in [0.25, 0.3) is 0 Å². The largest absolute Gasteiger partial charge is 0.377 e. The van der Waals surface area contributed by atoms with Gasteiger partial charge in [0, 0.05) is 0 Å². The van der Waals surface area contributed by atoms with E-state index in [0.29, 0.717) is 0 Å². The molecule has 9 heavy (non-hydrogen) atoms. The normalized spacial score (nSPS) is 13.1. The summed E-state index contributed by atoms with van der Waals surface area (Å²) in [7, 11) is -2.09. The SMILES string of the molecule is C=CCOOP(O)OCl. The molecule has 0 aromatic carbocycles. The predicted molar refractivity (Wildman–Crippen MR) is 33.3 cm³/mol. The fourth-order valence-corrected chi connectivity index (χ4v) is 0.378. The highest BCUT2D eigenvalue weighted by Gasteiger charge is 2.04. The van der Waals surface area contributed by atoms with Crippen LogP contribution < -0.4 is 0 Å². The van der Waals surface area contributed by atoms with Gasteiger partial charge in [-0.1, -0.05) is 6.08 Å². The van der Waals surface area contributed by atoms with Gasteiger partial charge >= 0.3 is 8.60 Å². The molecule has 4 nitrogen and oxygen atoms in total. The Morgan fingerprint density at radius 1 is 1.78 bits per heavy atom. The highest BCUT2D eigenvalue weighted by atomic mass is 35.5. The maximum atomic E-state index is 8.41. The summed E-state index contributed by atoms with van der Waals surface area (Å²) in [6.45, 7) is 3.51. The lowest BCUT2D eigenvalue weighted by Gasteiger charge is -2.01. The van der Waals surface area contributed by atoms with Crippen molar-refractivity contribution in [3.8, 4) is 0 Å². The van der Waals surface area contributed by atoms with E-state index in [2.05, 4.69) is 32.1 Å². The second-order valence-electron chi connectivity index (χ2n) is 0.955. The van der Waals surface area contributed by atoms with Crippen LogP contribution in [0.2, 0.25) is 0 Å². The molecule has 0 aliphatic heterocycles. The van der Waals surface area contributed by atoms with Crippen molar-refractivity contribution in [1.82, 2.24) is 0 Å². The van der Waals surface area contributed by atoms with Crippen molar-refractivity contribution in [2.75, 3.05) is 6.61 Å². The first kappa shape index (κ1) is 9.30. The quantitative estimate of drug-likeness (QED) is 0.225. The first-order valence-electron chi connectivity index (χ1n) is 1.99. The van der Waals surface area contributed by atoms with Gasteiger partial charge in [0.1, 0.15) is 6.61 Å². The Morgan fingerprint density at radius 2 is 2.44 bits per heavy atom. The molecule has 0 radical (unpaired) electrons. The molecule has 0 spiro atoms. The molecule has 0 aromatic heterocycles. The van der Waals surface area contributed by atoms with Crippen molar-refractivity contribution in [3.63, 3.8) is 0 Å². The summed E-state index contributed by atoms with van der Waals surface area (Å²) in [6, 6.07) is 0. The van der Waals surface area contributed by atoms with Crippen molar-refractivity contribution in [1.29, 1.82) is 0 Å². The molecule has 0 aliphatic rings. The van der Waals surface area contributed by atoms with Crippen molar-refractivity contribution < 1.29 is 18.5 Å². The summed E-state index contributed by atoms with van der Waals surface area (Å²) in [4.78, 5) is 12.7. The number of rotatable bonds is 5. The summed E-state index contributed by atoms with van der Waals surface area (Å²) < 4.78 is 7.93. The average molecular weight is 173 g/mol. The van der Waals surface area contributed by atoms with E-state index in [1.165, 1.54) is 6.08 Å². The maximum Gasteiger partial charge on any atom is 0.377 e. The van der Waals surface area contributed by atoms with Crippen LogP contribution in [-0.4, -0.2) is 11.5 Å². The van der Waals surface area contributed by atoms with Crippen LogP contribution in [0, 0.1) is 0 Å². The molecular formula is C3H6ClO4P. The molecular weight excluding hydrogens is 166 g/mol. The van der Waals surface area contributed by atoms with Crippen LogP contribution in [0.15, 0.2) is 12.7 Å². The van der Waals surface area contributed by atoms with Crippen molar-refractivity contribution >= 4 is 20.5 Å². The molecule has 1 unspecified atom stereocenters. The zero-order valence-corrected chi connectivity index (χ0v) is 6.14. The van der Waals surface area contributed by atoms with Crippen molar-refractivity contribution in [2.24, 2.45) is 0 Å². The molecule has 0 fully saturated rings. The molecule has 54 valence electrons. The molecule has 0 saturated heterocycles. The molecule has 0 bridgehead atoms. The van der Waals surface area contributed by atoms with E-state index < -0.39 is 8.60 Å². The van der Waals surface area contributed by atoms with Gasteiger partial charge in [-0.15, -0.1) is 6.58 Å². The standard InChI is InChI=1S/C3H6ClO4P/c1-2-3-6-8-9(5)7-4/h2,5H,1,3H2. The third kappa shape index (κ3) is 6.18. The topological polar surface area (TPSA) is 47.9 Å². The van der Waals surface area contributed by atoms with E-state index in [9.17, 15) is 0 Å². The zero-order chi connectivity index (χ0) is 7.11. The van der Waals surface area contributed by atoms with Gasteiger partial charge in [-0.05, 0) is 0 Å². The summed E-state index contributed by atoms with van der Waals surface area (Å²) >= 11 is 4.68. The lowest BCUT2D eigenvalue weighted by atomic mass is 10.7. The Kier molecular flexibility index (Phi) is 6.63. The molecule has 0 heterocycles. The van der Waals surface area contributed by atoms with Crippen LogP contribution in [0.4, 0.5) is 0 Å². The highest BCUT2D eigenvalue weighted by molar-refractivity contribution is 7.41. The molecule has 0 saturated carbocycles. The van der Waals surface area contributed by atoms with Crippen LogP contribution in [0.25, 0.3) is 0 Å². The molecule has 0 amide bonds. The van der Waals surface area contributed by atoms with Crippen LogP contribution >= 0.6 is 20.5 Å². The second kappa shape index (κ2) is 6.42. The number of hydrogen-bond donors (Lipinski definition) is 1. The smallest absolute Gasteiger partial charge is 0.326 e. The predicted octanol–water partition coefficient (Wildman–Crippen LogP) is 1.51. The van der Waals surface area contributed by atoms with E-state index in [1.807, 2.05) is 0 Å². The molecule has 0 aromatic rings. The molecule has 1 atom stereocenters. The Bertz CT molecular complexity index is 80.2. The average Bonchev–Trinajstić information content (AvgIpc) is 1.89. The summed E-state index contributed by atoms with van der Waals surface area (Å²) in [6.07, 6.45) is 1.46. The lowest BCUT2D eigenvalue weighted by molar-refractivity contribution is -0.201. The van der Waals surface area contributed by atoms with Crippen molar-refractivity contribution in [3.05, 3.63) is 12.7 Å². The van der Waals surface area contributed by atoms with Crippen LogP contribution in [0.1, 0.15) is 0 Å². The Hall–Kier alpha value is 0.300. The Balaban J connectivity index is 2.96. The van der Waals surface area contributed by atoms with Gasteiger partial charge in [-0.25, -0.2) is 4.89 Å². The van der Waals surface area contributed by atoms with Gasteiger partial charge in [0.15, 0.2) is 0 Å². The zero-order valence-electron chi connectivity index (χ0n) is 4.49. The minimum atomic E-state index is -2.09. The van der Waals surface area contributed by atoms with E-state index in [-0.39, 0.29) is 6.61 Å². The minimum Gasteiger partial charge on any atom is -0.326 e. The summed E-state index contributed by atoms with van der Waals surface area (Å²) in [5.41, 5.74) is 0. The van der Waals surface area contributed by atoms with E-state index in [4.69, 9.17) is 4.89 Å². The Morgan fingerprint density at radius 3 is 2.89 bits per heavy atom. The number of halogens is 1. The lowest BCUT2D eigenvalue weighted by Crippen LogP contribution is -1.88. The summed E-state index contributed by atoms with van der Waals surface area (Å²) in [5, 5.41) is 0.